The van der Waals surface area contributed by atoms with Crippen LogP contribution in [0.25, 0.3) is 11.4 Å². The zero-order chi connectivity index (χ0) is 22.7. The maximum atomic E-state index is 5.95. The lowest BCUT2D eigenvalue weighted by molar-refractivity contribution is 0.303. The zero-order valence-corrected chi connectivity index (χ0v) is 20.5. The van der Waals surface area contributed by atoms with E-state index in [1.807, 2.05) is 24.3 Å². The molecule has 4 heteroatoms. The van der Waals surface area contributed by atoms with Gasteiger partial charge in [-0.15, -0.1) is 0 Å². The summed E-state index contributed by atoms with van der Waals surface area (Å²) in [5.74, 6) is 1.72. The van der Waals surface area contributed by atoms with Crippen molar-refractivity contribution in [3.8, 4) is 22.9 Å². The first-order valence-electron chi connectivity index (χ1n) is 13.0. The molecule has 0 aliphatic heterocycles. The van der Waals surface area contributed by atoms with Gasteiger partial charge in [-0.05, 0) is 25.0 Å². The highest BCUT2D eigenvalue weighted by atomic mass is 16.5. The number of hydrogen-bond donors (Lipinski definition) is 0. The number of ether oxygens (including phenoxy) is 2. The first-order chi connectivity index (χ1) is 15.8. The minimum absolute atomic E-state index is 0.756. The number of pyridine rings is 2. The molecule has 0 spiro atoms. The molecule has 0 aliphatic carbocycles. The van der Waals surface area contributed by atoms with Crippen LogP contribution in [0.3, 0.4) is 0 Å². The van der Waals surface area contributed by atoms with Crippen LogP contribution in [-0.2, 0) is 0 Å². The topological polar surface area (TPSA) is 44.2 Å². The third-order valence-electron chi connectivity index (χ3n) is 5.76. The van der Waals surface area contributed by atoms with E-state index < -0.39 is 0 Å². The summed E-state index contributed by atoms with van der Waals surface area (Å²) >= 11 is 0. The monoisotopic (exact) mass is 440 g/mol. The number of nitrogens with zero attached hydrogens (tertiary/aromatic N) is 2. The second-order valence-corrected chi connectivity index (χ2v) is 8.69. The predicted molar refractivity (Wildman–Crippen MR) is 134 cm³/mol. The van der Waals surface area contributed by atoms with E-state index in [0.717, 1.165) is 48.9 Å². The maximum Gasteiger partial charge on any atom is 0.123 e. The predicted octanol–water partition coefficient (Wildman–Crippen LogP) is 8.40. The van der Waals surface area contributed by atoms with Gasteiger partial charge in [0.2, 0.25) is 0 Å². The van der Waals surface area contributed by atoms with Gasteiger partial charge in [0.25, 0.3) is 0 Å². The highest BCUT2D eigenvalue weighted by Gasteiger charge is 2.05. The minimum atomic E-state index is 0.756. The first-order valence-corrected chi connectivity index (χ1v) is 13.0. The van der Waals surface area contributed by atoms with Gasteiger partial charge in [-0.1, -0.05) is 90.9 Å². The zero-order valence-electron chi connectivity index (χ0n) is 20.5. The van der Waals surface area contributed by atoms with Gasteiger partial charge in [0.05, 0.1) is 24.6 Å². The van der Waals surface area contributed by atoms with E-state index in [1.165, 1.54) is 77.0 Å². The van der Waals surface area contributed by atoms with Crippen LogP contribution in [0.5, 0.6) is 11.5 Å². The molecule has 2 rings (SSSR count). The van der Waals surface area contributed by atoms with Gasteiger partial charge >= 0.3 is 0 Å². The summed E-state index contributed by atoms with van der Waals surface area (Å²) < 4.78 is 11.9. The normalized spacial score (nSPS) is 10.9. The standard InChI is InChI=1S/C28H44N2O2/c1-3-5-7-9-11-13-15-21-31-25-17-19-29-27(23-25)28-24-26(18-20-30-28)32-22-16-14-12-10-8-6-4-2/h17-20,23-24H,3-16,21-22H2,1-2H3. The molecule has 178 valence electrons. The summed E-state index contributed by atoms with van der Waals surface area (Å²) in [7, 11) is 0. The molecule has 0 unspecified atom stereocenters. The Labute approximate surface area is 196 Å². The molecule has 0 saturated carbocycles. The highest BCUT2D eigenvalue weighted by Crippen LogP contribution is 2.23. The SMILES string of the molecule is CCCCCCCCCOc1ccnc(-c2cc(OCCCCCCCCC)ccn2)c1. The van der Waals surface area contributed by atoms with Crippen LogP contribution >= 0.6 is 0 Å². The Balaban J connectivity index is 1.70. The Hall–Kier alpha value is -2.10. The highest BCUT2D eigenvalue weighted by molar-refractivity contribution is 5.57. The van der Waals surface area contributed by atoms with E-state index in [4.69, 9.17) is 9.47 Å². The van der Waals surface area contributed by atoms with Crippen LogP contribution in [0.15, 0.2) is 36.7 Å². The third-order valence-corrected chi connectivity index (χ3v) is 5.76. The fourth-order valence-corrected chi connectivity index (χ4v) is 3.78. The summed E-state index contributed by atoms with van der Waals surface area (Å²) in [5.41, 5.74) is 1.65. The molecule has 0 radical (unpaired) electrons. The van der Waals surface area contributed by atoms with Crippen LogP contribution in [0, 0.1) is 0 Å². The molecule has 0 bridgehead atoms. The molecule has 0 saturated heterocycles. The van der Waals surface area contributed by atoms with Crippen molar-refractivity contribution in [2.24, 2.45) is 0 Å². The van der Waals surface area contributed by atoms with Gasteiger partial charge < -0.3 is 9.47 Å². The van der Waals surface area contributed by atoms with Crippen LogP contribution in [0.1, 0.15) is 104 Å². The lowest BCUT2D eigenvalue weighted by Gasteiger charge is -2.09. The number of rotatable bonds is 19. The molecular weight excluding hydrogens is 396 g/mol. The number of aromatic nitrogens is 2. The summed E-state index contributed by atoms with van der Waals surface area (Å²) in [6.45, 7) is 6.03. The Bertz CT molecular complexity index is 659. The summed E-state index contributed by atoms with van der Waals surface area (Å²) in [5, 5.41) is 0. The first kappa shape index (κ1) is 26.2. The van der Waals surface area contributed by atoms with Crippen molar-refractivity contribution in [3.05, 3.63) is 36.7 Å². The van der Waals surface area contributed by atoms with Crippen LogP contribution in [0.2, 0.25) is 0 Å². The van der Waals surface area contributed by atoms with Crippen molar-refractivity contribution in [1.82, 2.24) is 9.97 Å². The van der Waals surface area contributed by atoms with Crippen molar-refractivity contribution in [3.63, 3.8) is 0 Å². The van der Waals surface area contributed by atoms with Crippen LogP contribution < -0.4 is 9.47 Å². The van der Waals surface area contributed by atoms with E-state index in [0.29, 0.717) is 0 Å². The van der Waals surface area contributed by atoms with Crippen molar-refractivity contribution in [2.75, 3.05) is 13.2 Å². The largest absolute Gasteiger partial charge is 0.493 e. The maximum absolute atomic E-state index is 5.95. The fraction of sp³-hybridized carbons (Fsp3) is 0.643. The second-order valence-electron chi connectivity index (χ2n) is 8.69. The quantitative estimate of drug-likeness (QED) is 0.206. The van der Waals surface area contributed by atoms with E-state index in [-0.39, 0.29) is 0 Å². The second kappa shape index (κ2) is 17.5. The van der Waals surface area contributed by atoms with E-state index in [1.54, 1.807) is 12.4 Å². The number of unbranched alkanes of at least 4 members (excludes halogenated alkanes) is 12. The smallest absolute Gasteiger partial charge is 0.123 e. The molecule has 0 amide bonds. The summed E-state index contributed by atoms with van der Waals surface area (Å²) in [4.78, 5) is 8.97. The van der Waals surface area contributed by atoms with E-state index in [9.17, 15) is 0 Å². The molecule has 2 heterocycles. The lowest BCUT2D eigenvalue weighted by Crippen LogP contribution is -1.99. The molecule has 0 N–H and O–H groups in total. The van der Waals surface area contributed by atoms with Crippen molar-refractivity contribution in [2.45, 2.75) is 104 Å². The van der Waals surface area contributed by atoms with Crippen molar-refractivity contribution in [1.29, 1.82) is 0 Å². The van der Waals surface area contributed by atoms with Gasteiger partial charge in [-0.3, -0.25) is 9.97 Å². The van der Waals surface area contributed by atoms with E-state index in [2.05, 4.69) is 23.8 Å². The molecule has 0 atom stereocenters. The molecule has 0 fully saturated rings. The van der Waals surface area contributed by atoms with Gasteiger partial charge in [0.1, 0.15) is 11.5 Å². The summed E-state index contributed by atoms with van der Waals surface area (Å²) in [6, 6.07) is 7.80. The van der Waals surface area contributed by atoms with Gasteiger partial charge in [-0.25, -0.2) is 0 Å². The van der Waals surface area contributed by atoms with Gasteiger partial charge in [0, 0.05) is 24.5 Å². The van der Waals surface area contributed by atoms with Gasteiger partial charge in [-0.2, -0.15) is 0 Å². The Morgan fingerprint density at radius 1 is 0.531 bits per heavy atom. The minimum Gasteiger partial charge on any atom is -0.493 e. The van der Waals surface area contributed by atoms with Crippen molar-refractivity contribution >= 4 is 0 Å². The van der Waals surface area contributed by atoms with Crippen LogP contribution in [0.4, 0.5) is 0 Å². The molecule has 32 heavy (non-hydrogen) atoms. The average Bonchev–Trinajstić information content (AvgIpc) is 2.83. The lowest BCUT2D eigenvalue weighted by atomic mass is 10.1. The van der Waals surface area contributed by atoms with Gasteiger partial charge in [0.15, 0.2) is 0 Å². The Morgan fingerprint density at radius 2 is 0.906 bits per heavy atom. The fourth-order valence-electron chi connectivity index (χ4n) is 3.78. The Kier molecular flexibility index (Phi) is 14.3. The molecule has 2 aromatic heterocycles. The molecular formula is C28H44N2O2. The molecule has 4 nitrogen and oxygen atoms in total. The van der Waals surface area contributed by atoms with E-state index >= 15 is 0 Å². The Morgan fingerprint density at radius 3 is 1.31 bits per heavy atom. The van der Waals surface area contributed by atoms with Crippen molar-refractivity contribution < 1.29 is 9.47 Å². The third kappa shape index (κ3) is 11.5. The average molecular weight is 441 g/mol. The molecule has 0 aliphatic rings. The number of hydrogen-bond acceptors (Lipinski definition) is 4. The molecule has 0 aromatic carbocycles. The van der Waals surface area contributed by atoms with Crippen LogP contribution in [-0.4, -0.2) is 23.2 Å². The summed E-state index contributed by atoms with van der Waals surface area (Å²) in [6.07, 6.45) is 21.6. The molecule has 2 aromatic rings.